The number of carbonyl (C=O) groups is 1. The molecule has 1 aromatic rings. The van der Waals surface area contributed by atoms with Gasteiger partial charge in [0.25, 0.3) is 5.56 Å². The van der Waals surface area contributed by atoms with Crippen LogP contribution in [-0.2, 0) is 11.2 Å². The molecule has 0 aliphatic rings. The van der Waals surface area contributed by atoms with E-state index < -0.39 is 23.8 Å². The highest BCUT2D eigenvalue weighted by Gasteiger charge is 2.05. The number of hydrogen-bond acceptors (Lipinski definition) is 2. The number of carboxylic acid groups (broad SMARTS) is 1. The molecule has 1 rings (SSSR count). The lowest BCUT2D eigenvalue weighted by Gasteiger charge is -1.94. The van der Waals surface area contributed by atoms with E-state index in [0.717, 1.165) is 12.3 Å². The quantitative estimate of drug-likeness (QED) is 0.664. The van der Waals surface area contributed by atoms with Gasteiger partial charge in [-0.25, -0.2) is 4.39 Å². The molecule has 1 heterocycles. The standard InChI is InChI=1S/C7H6FNO3/c8-5-1-4(2-6(10)11)7(12)9-3-5/h1,3H,2H2,(H,9,12)(H,10,11). The minimum atomic E-state index is -1.16. The van der Waals surface area contributed by atoms with Gasteiger partial charge in [-0.2, -0.15) is 0 Å². The Morgan fingerprint density at radius 3 is 2.92 bits per heavy atom. The topological polar surface area (TPSA) is 70.2 Å². The Hall–Kier alpha value is -1.65. The molecule has 0 unspecified atom stereocenters. The molecule has 0 fully saturated rings. The van der Waals surface area contributed by atoms with Crippen LogP contribution in [0.25, 0.3) is 0 Å². The lowest BCUT2D eigenvalue weighted by atomic mass is 10.2. The van der Waals surface area contributed by atoms with Crippen molar-refractivity contribution < 1.29 is 14.3 Å². The van der Waals surface area contributed by atoms with Crippen molar-refractivity contribution in [1.82, 2.24) is 4.98 Å². The molecular weight excluding hydrogens is 165 g/mol. The molecule has 0 spiro atoms. The van der Waals surface area contributed by atoms with Crippen molar-refractivity contribution in [3.05, 3.63) is 34.0 Å². The van der Waals surface area contributed by atoms with Gasteiger partial charge in [-0.1, -0.05) is 0 Å². The monoisotopic (exact) mass is 171 g/mol. The van der Waals surface area contributed by atoms with Crippen LogP contribution in [0.15, 0.2) is 17.1 Å². The number of H-pyrrole nitrogens is 1. The maximum atomic E-state index is 12.4. The Morgan fingerprint density at radius 1 is 1.67 bits per heavy atom. The first-order valence-corrected chi connectivity index (χ1v) is 3.18. The second-order valence-electron chi connectivity index (χ2n) is 2.24. The fraction of sp³-hybridized carbons (Fsp3) is 0.143. The molecule has 2 N–H and O–H groups in total. The minimum absolute atomic E-state index is 0.0810. The van der Waals surface area contributed by atoms with Crippen molar-refractivity contribution in [3.8, 4) is 0 Å². The molecule has 64 valence electrons. The van der Waals surface area contributed by atoms with E-state index in [1.165, 1.54) is 0 Å². The molecule has 5 heteroatoms. The summed E-state index contributed by atoms with van der Waals surface area (Å²) in [5, 5.41) is 8.31. The SMILES string of the molecule is O=C(O)Cc1cc(F)c[nH]c1=O. The largest absolute Gasteiger partial charge is 0.481 e. The van der Waals surface area contributed by atoms with Crippen molar-refractivity contribution in [2.45, 2.75) is 6.42 Å². The van der Waals surface area contributed by atoms with Gasteiger partial charge in [-0.15, -0.1) is 0 Å². The highest BCUT2D eigenvalue weighted by molar-refractivity contribution is 5.69. The van der Waals surface area contributed by atoms with Crippen LogP contribution in [0, 0.1) is 5.82 Å². The lowest BCUT2D eigenvalue weighted by molar-refractivity contribution is -0.136. The zero-order valence-electron chi connectivity index (χ0n) is 6.00. The molecule has 0 amide bonds. The predicted molar refractivity (Wildman–Crippen MR) is 38.4 cm³/mol. The molecule has 0 aromatic carbocycles. The third kappa shape index (κ3) is 1.91. The van der Waals surface area contributed by atoms with Gasteiger partial charge in [-0.05, 0) is 6.07 Å². The third-order valence-electron chi connectivity index (χ3n) is 1.29. The smallest absolute Gasteiger partial charge is 0.308 e. The summed E-state index contributed by atoms with van der Waals surface area (Å²) in [4.78, 5) is 23.1. The van der Waals surface area contributed by atoms with E-state index in [1.54, 1.807) is 0 Å². The number of rotatable bonds is 2. The summed E-state index contributed by atoms with van der Waals surface area (Å²) in [6.07, 6.45) is 0.417. The first kappa shape index (κ1) is 8.45. The molecule has 0 bridgehead atoms. The van der Waals surface area contributed by atoms with Gasteiger partial charge < -0.3 is 10.1 Å². The van der Waals surface area contributed by atoms with E-state index in [4.69, 9.17) is 5.11 Å². The van der Waals surface area contributed by atoms with E-state index in [-0.39, 0.29) is 5.56 Å². The maximum Gasteiger partial charge on any atom is 0.308 e. The zero-order valence-corrected chi connectivity index (χ0v) is 6.00. The summed E-state index contributed by atoms with van der Waals surface area (Å²) in [6, 6.07) is 0.910. The first-order chi connectivity index (χ1) is 5.59. The second kappa shape index (κ2) is 3.17. The van der Waals surface area contributed by atoms with Crippen LogP contribution in [0.3, 0.4) is 0 Å². The highest BCUT2D eigenvalue weighted by atomic mass is 19.1. The molecule has 12 heavy (non-hydrogen) atoms. The number of aromatic nitrogens is 1. The highest BCUT2D eigenvalue weighted by Crippen LogP contribution is 1.96. The van der Waals surface area contributed by atoms with Gasteiger partial charge in [-0.3, -0.25) is 9.59 Å². The second-order valence-corrected chi connectivity index (χ2v) is 2.24. The van der Waals surface area contributed by atoms with E-state index in [9.17, 15) is 14.0 Å². The molecule has 0 saturated heterocycles. The summed E-state index contributed by atoms with van der Waals surface area (Å²) in [5.41, 5.74) is -0.652. The molecule has 1 aromatic heterocycles. The number of pyridine rings is 1. The van der Waals surface area contributed by atoms with Crippen LogP contribution >= 0.6 is 0 Å². The molecule has 4 nitrogen and oxygen atoms in total. The average Bonchev–Trinajstić information content (AvgIpc) is 1.96. The summed E-state index contributed by atoms with van der Waals surface area (Å²) >= 11 is 0. The zero-order chi connectivity index (χ0) is 9.14. The van der Waals surface area contributed by atoms with Gasteiger partial charge in [0.05, 0.1) is 6.42 Å². The van der Waals surface area contributed by atoms with Gasteiger partial charge in [0, 0.05) is 11.8 Å². The van der Waals surface area contributed by atoms with E-state index in [1.807, 2.05) is 0 Å². The van der Waals surface area contributed by atoms with Gasteiger partial charge in [0.2, 0.25) is 0 Å². The van der Waals surface area contributed by atoms with Crippen molar-refractivity contribution in [1.29, 1.82) is 0 Å². The van der Waals surface area contributed by atoms with Gasteiger partial charge >= 0.3 is 5.97 Å². The van der Waals surface area contributed by atoms with Gasteiger partial charge in [0.1, 0.15) is 5.82 Å². The molecule has 0 radical (unpaired) electrons. The fourth-order valence-electron chi connectivity index (χ4n) is 0.795. The Labute approximate surface area is 66.7 Å². The van der Waals surface area contributed by atoms with Crippen LogP contribution in [0.1, 0.15) is 5.56 Å². The Morgan fingerprint density at radius 2 is 2.33 bits per heavy atom. The summed E-state index contributed by atoms with van der Waals surface area (Å²) < 4.78 is 12.4. The third-order valence-corrected chi connectivity index (χ3v) is 1.29. The van der Waals surface area contributed by atoms with Crippen molar-refractivity contribution in [2.24, 2.45) is 0 Å². The average molecular weight is 171 g/mol. The maximum absolute atomic E-state index is 12.4. The van der Waals surface area contributed by atoms with Gasteiger partial charge in [0.15, 0.2) is 0 Å². The molecule has 0 aliphatic carbocycles. The molecule has 0 saturated carbocycles. The summed E-state index contributed by atoms with van der Waals surface area (Å²) in [5.74, 6) is -1.81. The predicted octanol–water partition coefficient (Wildman–Crippen LogP) is 0.141. The van der Waals surface area contributed by atoms with Crippen molar-refractivity contribution in [2.75, 3.05) is 0 Å². The number of hydrogen-bond donors (Lipinski definition) is 2. The molecular formula is C7H6FNO3. The van der Waals surface area contributed by atoms with Crippen molar-refractivity contribution >= 4 is 5.97 Å². The molecule has 0 aliphatic heterocycles. The number of carboxylic acids is 1. The summed E-state index contributed by atoms with van der Waals surface area (Å²) in [6.45, 7) is 0. The lowest BCUT2D eigenvalue weighted by Crippen LogP contribution is -2.15. The fourth-order valence-corrected chi connectivity index (χ4v) is 0.795. The number of nitrogens with one attached hydrogen (secondary N) is 1. The molecule has 0 atom stereocenters. The van der Waals surface area contributed by atoms with Crippen LogP contribution in [-0.4, -0.2) is 16.1 Å². The Balaban J connectivity index is 3.06. The van der Waals surface area contributed by atoms with Crippen LogP contribution in [0.4, 0.5) is 4.39 Å². The summed E-state index contributed by atoms with van der Waals surface area (Å²) in [7, 11) is 0. The Bertz CT molecular complexity index is 358. The van der Waals surface area contributed by atoms with E-state index in [2.05, 4.69) is 4.98 Å². The van der Waals surface area contributed by atoms with Crippen molar-refractivity contribution in [3.63, 3.8) is 0 Å². The van der Waals surface area contributed by atoms with E-state index >= 15 is 0 Å². The minimum Gasteiger partial charge on any atom is -0.481 e. The van der Waals surface area contributed by atoms with Crippen LogP contribution < -0.4 is 5.56 Å². The van der Waals surface area contributed by atoms with Crippen LogP contribution in [0.5, 0.6) is 0 Å². The number of aromatic amines is 1. The Kier molecular flexibility index (Phi) is 2.23. The number of halogens is 1. The first-order valence-electron chi connectivity index (χ1n) is 3.18. The number of aliphatic carboxylic acids is 1. The van der Waals surface area contributed by atoms with E-state index in [0.29, 0.717) is 0 Å². The van der Waals surface area contributed by atoms with Crippen LogP contribution in [0.2, 0.25) is 0 Å². The normalized spacial score (nSPS) is 9.75.